The summed E-state index contributed by atoms with van der Waals surface area (Å²) in [4.78, 5) is 39.3. The van der Waals surface area contributed by atoms with Crippen LogP contribution in [0.1, 0.15) is 53.7 Å². The van der Waals surface area contributed by atoms with Gasteiger partial charge in [0.2, 0.25) is 11.3 Å². The van der Waals surface area contributed by atoms with Crippen molar-refractivity contribution in [2.24, 2.45) is 0 Å². The van der Waals surface area contributed by atoms with Gasteiger partial charge in [0.1, 0.15) is 12.4 Å². The second-order valence-electron chi connectivity index (χ2n) is 8.87. The number of aromatic nitrogens is 1. The average Bonchev–Trinajstić information content (AvgIpc) is 2.85. The predicted molar refractivity (Wildman–Crippen MR) is 137 cm³/mol. The molecule has 0 radical (unpaired) electrons. The van der Waals surface area contributed by atoms with Crippen LogP contribution >= 0.6 is 0 Å². The number of ketones is 1. The van der Waals surface area contributed by atoms with E-state index in [0.29, 0.717) is 22.5 Å². The standard InChI is InChI=1S/C29H27FN2O3/c1-4-19-5-14-26-24(15-19)29(35)25(28(34)21-6-10-22(30)11-7-21)16-32(26)17-27(33)31-23-12-8-20(9-13-23)18(2)3/h5-16,18H,4,17H2,1-3H3,(H,31,33). The first-order chi connectivity index (χ1) is 16.8. The van der Waals surface area contributed by atoms with E-state index in [1.165, 1.54) is 36.0 Å². The molecule has 1 amide bonds. The van der Waals surface area contributed by atoms with E-state index in [2.05, 4.69) is 19.2 Å². The molecular formula is C29H27FN2O3. The number of anilines is 1. The summed E-state index contributed by atoms with van der Waals surface area (Å²) in [6, 6.07) is 18.2. The smallest absolute Gasteiger partial charge is 0.244 e. The van der Waals surface area contributed by atoms with Crippen molar-refractivity contribution < 1.29 is 14.0 Å². The number of carbonyl (C=O) groups excluding carboxylic acids is 2. The number of halogens is 1. The van der Waals surface area contributed by atoms with Crippen LogP contribution in [0.15, 0.2) is 77.7 Å². The van der Waals surface area contributed by atoms with Gasteiger partial charge in [0.05, 0.1) is 11.1 Å². The number of rotatable bonds is 7. The molecule has 0 fully saturated rings. The normalized spacial score (nSPS) is 11.1. The maximum absolute atomic E-state index is 13.3. The molecule has 4 rings (SSSR count). The third-order valence-electron chi connectivity index (χ3n) is 6.08. The van der Waals surface area contributed by atoms with Gasteiger partial charge in [-0.05, 0) is 72.0 Å². The molecule has 1 aromatic heterocycles. The molecule has 1 heterocycles. The first-order valence-corrected chi connectivity index (χ1v) is 11.6. The Bertz CT molecular complexity index is 1450. The van der Waals surface area contributed by atoms with E-state index < -0.39 is 17.0 Å². The Morgan fingerprint density at radius 2 is 1.66 bits per heavy atom. The molecule has 0 atom stereocenters. The molecule has 0 saturated carbocycles. The summed E-state index contributed by atoms with van der Waals surface area (Å²) in [6.45, 7) is 6.09. The highest BCUT2D eigenvalue weighted by molar-refractivity contribution is 6.10. The summed E-state index contributed by atoms with van der Waals surface area (Å²) < 4.78 is 15.0. The summed E-state index contributed by atoms with van der Waals surface area (Å²) >= 11 is 0. The molecular weight excluding hydrogens is 443 g/mol. The van der Waals surface area contributed by atoms with Crippen LogP contribution in [-0.2, 0) is 17.8 Å². The van der Waals surface area contributed by atoms with E-state index >= 15 is 0 Å². The number of nitrogens with one attached hydrogen (secondary N) is 1. The van der Waals surface area contributed by atoms with Gasteiger partial charge < -0.3 is 9.88 Å². The Morgan fingerprint density at radius 1 is 0.971 bits per heavy atom. The molecule has 1 N–H and O–H groups in total. The largest absolute Gasteiger partial charge is 0.337 e. The van der Waals surface area contributed by atoms with E-state index in [1.807, 2.05) is 37.3 Å². The van der Waals surface area contributed by atoms with Gasteiger partial charge in [-0.1, -0.05) is 39.0 Å². The van der Waals surface area contributed by atoms with Crippen molar-refractivity contribution in [2.75, 3.05) is 5.32 Å². The number of hydrogen-bond acceptors (Lipinski definition) is 3. The third kappa shape index (κ3) is 5.22. The van der Waals surface area contributed by atoms with Crippen LogP contribution in [0.4, 0.5) is 10.1 Å². The van der Waals surface area contributed by atoms with E-state index in [9.17, 15) is 18.8 Å². The molecule has 0 saturated heterocycles. The number of hydrogen-bond donors (Lipinski definition) is 1. The fourth-order valence-corrected chi connectivity index (χ4v) is 4.02. The second-order valence-corrected chi connectivity index (χ2v) is 8.87. The lowest BCUT2D eigenvalue weighted by atomic mass is 10.0. The molecule has 6 heteroatoms. The van der Waals surface area contributed by atoms with Crippen molar-refractivity contribution in [3.05, 3.63) is 111 Å². The number of aryl methyl sites for hydroxylation is 1. The molecule has 4 aromatic rings. The SMILES string of the molecule is CCc1ccc2c(c1)c(=O)c(C(=O)c1ccc(F)cc1)cn2CC(=O)Nc1ccc(C(C)C)cc1. The van der Waals surface area contributed by atoms with Crippen LogP contribution in [0, 0.1) is 5.82 Å². The molecule has 178 valence electrons. The van der Waals surface area contributed by atoms with Crippen LogP contribution in [0.25, 0.3) is 10.9 Å². The molecule has 0 aliphatic carbocycles. The minimum atomic E-state index is -0.516. The number of benzene rings is 3. The number of carbonyl (C=O) groups is 2. The maximum Gasteiger partial charge on any atom is 0.244 e. The molecule has 0 bridgehead atoms. The number of nitrogens with zero attached hydrogens (tertiary/aromatic N) is 1. The summed E-state index contributed by atoms with van der Waals surface area (Å²) in [5.41, 5.74) is 3.08. The average molecular weight is 471 g/mol. The van der Waals surface area contributed by atoms with Crippen molar-refractivity contribution in [1.29, 1.82) is 0 Å². The second kappa shape index (κ2) is 10.1. The van der Waals surface area contributed by atoms with Gasteiger partial charge in [0.25, 0.3) is 0 Å². The molecule has 3 aromatic carbocycles. The Labute approximate surface area is 203 Å². The summed E-state index contributed by atoms with van der Waals surface area (Å²) in [5, 5.41) is 3.25. The van der Waals surface area contributed by atoms with E-state index in [1.54, 1.807) is 16.7 Å². The van der Waals surface area contributed by atoms with Crippen molar-refractivity contribution in [3.8, 4) is 0 Å². The highest BCUT2D eigenvalue weighted by atomic mass is 19.1. The zero-order valence-electron chi connectivity index (χ0n) is 20.0. The van der Waals surface area contributed by atoms with Gasteiger partial charge in [-0.2, -0.15) is 0 Å². The monoisotopic (exact) mass is 470 g/mol. The third-order valence-corrected chi connectivity index (χ3v) is 6.08. The van der Waals surface area contributed by atoms with E-state index in [4.69, 9.17) is 0 Å². The molecule has 0 aliphatic heterocycles. The fourth-order valence-electron chi connectivity index (χ4n) is 4.02. The van der Waals surface area contributed by atoms with Crippen LogP contribution < -0.4 is 10.7 Å². The van der Waals surface area contributed by atoms with Crippen molar-refractivity contribution in [3.63, 3.8) is 0 Å². The zero-order chi connectivity index (χ0) is 25.1. The van der Waals surface area contributed by atoms with E-state index in [0.717, 1.165) is 12.0 Å². The van der Waals surface area contributed by atoms with Crippen LogP contribution in [0.2, 0.25) is 0 Å². The van der Waals surface area contributed by atoms with Crippen LogP contribution in [0.5, 0.6) is 0 Å². The van der Waals surface area contributed by atoms with Gasteiger partial charge >= 0.3 is 0 Å². The summed E-state index contributed by atoms with van der Waals surface area (Å²) in [5.74, 6) is -0.884. The van der Waals surface area contributed by atoms with Crippen LogP contribution in [-0.4, -0.2) is 16.3 Å². The fraction of sp³-hybridized carbons (Fsp3) is 0.207. The summed E-state index contributed by atoms with van der Waals surface area (Å²) in [7, 11) is 0. The highest BCUT2D eigenvalue weighted by Gasteiger charge is 2.19. The minimum absolute atomic E-state index is 0.0635. The molecule has 35 heavy (non-hydrogen) atoms. The first-order valence-electron chi connectivity index (χ1n) is 11.6. The van der Waals surface area contributed by atoms with Gasteiger partial charge in [-0.3, -0.25) is 14.4 Å². The Kier molecular flexibility index (Phi) is 6.92. The number of pyridine rings is 1. The lowest BCUT2D eigenvalue weighted by Gasteiger charge is -2.15. The van der Waals surface area contributed by atoms with Gasteiger partial charge in [-0.25, -0.2) is 4.39 Å². The molecule has 0 aliphatic rings. The maximum atomic E-state index is 13.3. The molecule has 0 spiro atoms. The van der Waals surface area contributed by atoms with Crippen molar-refractivity contribution in [1.82, 2.24) is 4.57 Å². The van der Waals surface area contributed by atoms with Gasteiger partial charge in [-0.15, -0.1) is 0 Å². The topological polar surface area (TPSA) is 68.2 Å². The quantitative estimate of drug-likeness (QED) is 0.353. The van der Waals surface area contributed by atoms with Gasteiger partial charge in [0.15, 0.2) is 5.78 Å². The predicted octanol–water partition coefficient (Wildman–Crippen LogP) is 5.70. The van der Waals surface area contributed by atoms with Gasteiger partial charge in [0, 0.05) is 22.8 Å². The minimum Gasteiger partial charge on any atom is -0.337 e. The van der Waals surface area contributed by atoms with Crippen molar-refractivity contribution >= 4 is 28.3 Å². The lowest BCUT2D eigenvalue weighted by Crippen LogP contribution is -2.24. The number of fused-ring (bicyclic) bond motifs is 1. The molecule has 0 unspecified atom stereocenters. The first kappa shape index (κ1) is 24.1. The van der Waals surface area contributed by atoms with Crippen molar-refractivity contribution in [2.45, 2.75) is 39.7 Å². The Morgan fingerprint density at radius 3 is 2.29 bits per heavy atom. The van der Waals surface area contributed by atoms with Crippen LogP contribution in [0.3, 0.4) is 0 Å². The highest BCUT2D eigenvalue weighted by Crippen LogP contribution is 2.19. The van der Waals surface area contributed by atoms with E-state index in [-0.39, 0.29) is 23.6 Å². The Hall–Kier alpha value is -4.06. The number of amides is 1. The summed E-state index contributed by atoms with van der Waals surface area (Å²) in [6.07, 6.45) is 2.14. The zero-order valence-corrected chi connectivity index (χ0v) is 20.0. The molecule has 5 nitrogen and oxygen atoms in total. The Balaban J connectivity index is 1.72. The lowest BCUT2D eigenvalue weighted by molar-refractivity contribution is -0.116.